The molecule has 0 aliphatic heterocycles. The molecule has 4 fully saturated rings. The molecule has 1 heterocycles. The molecular formula is C20H28N4O2. The molecule has 6 nitrogen and oxygen atoms in total. The third-order valence-electron chi connectivity index (χ3n) is 7.09. The Morgan fingerprint density at radius 3 is 2.73 bits per heavy atom. The Kier molecular flexibility index (Phi) is 3.87. The lowest BCUT2D eigenvalue weighted by molar-refractivity contribution is -0.129. The number of pyridine rings is 1. The van der Waals surface area contributed by atoms with E-state index >= 15 is 0 Å². The fourth-order valence-corrected chi connectivity index (χ4v) is 6.25. The molecule has 6 N–H and O–H groups in total. The second-order valence-corrected chi connectivity index (χ2v) is 8.89. The summed E-state index contributed by atoms with van der Waals surface area (Å²) in [4.78, 5) is 4.59. The monoisotopic (exact) mass is 356 g/mol. The Balaban J connectivity index is 1.49. The van der Waals surface area contributed by atoms with Gasteiger partial charge in [-0.1, -0.05) is 12.2 Å². The molecule has 6 rings (SSSR count). The number of fused-ring (bicyclic) bond motifs is 1. The molecular weight excluding hydrogens is 328 g/mol. The zero-order chi connectivity index (χ0) is 17.9. The summed E-state index contributed by atoms with van der Waals surface area (Å²) >= 11 is 0. The quantitative estimate of drug-likeness (QED) is 0.517. The van der Waals surface area contributed by atoms with E-state index in [1.165, 1.54) is 12.8 Å². The van der Waals surface area contributed by atoms with Crippen LogP contribution in [0.3, 0.4) is 0 Å². The number of anilines is 1. The third-order valence-corrected chi connectivity index (χ3v) is 7.09. The predicted molar refractivity (Wildman–Crippen MR) is 99.6 cm³/mol. The van der Waals surface area contributed by atoms with Crippen molar-refractivity contribution >= 4 is 11.8 Å². The number of nitrogens with two attached hydrogens (primary N) is 1. The zero-order valence-corrected chi connectivity index (χ0v) is 15.0. The molecule has 6 heteroatoms. The van der Waals surface area contributed by atoms with E-state index in [1.807, 2.05) is 6.20 Å². The van der Waals surface area contributed by atoms with Crippen LogP contribution >= 0.6 is 0 Å². The topological polar surface area (TPSA) is 103 Å². The number of rotatable bonds is 5. The van der Waals surface area contributed by atoms with Crippen molar-refractivity contribution < 1.29 is 10.3 Å². The molecule has 0 saturated heterocycles. The Morgan fingerprint density at radius 1 is 1.27 bits per heavy atom. The number of aromatic nitrogens is 1. The number of aliphatic hydroxyl groups is 1. The summed E-state index contributed by atoms with van der Waals surface area (Å²) in [6, 6.07) is 0.0654. The van der Waals surface area contributed by atoms with E-state index in [1.54, 1.807) is 0 Å². The first-order chi connectivity index (χ1) is 12.6. The van der Waals surface area contributed by atoms with E-state index in [0.29, 0.717) is 23.8 Å². The Bertz CT molecular complexity index is 734. The van der Waals surface area contributed by atoms with Gasteiger partial charge in [-0.2, -0.15) is 0 Å². The van der Waals surface area contributed by atoms with E-state index in [-0.39, 0.29) is 12.6 Å². The van der Waals surface area contributed by atoms with Crippen LogP contribution in [0.2, 0.25) is 0 Å². The first-order valence-corrected chi connectivity index (χ1v) is 9.86. The van der Waals surface area contributed by atoms with Crippen molar-refractivity contribution in [3.8, 4) is 0 Å². The van der Waals surface area contributed by atoms with Crippen LogP contribution in [-0.2, 0) is 6.42 Å². The average molecular weight is 356 g/mol. The van der Waals surface area contributed by atoms with E-state index in [9.17, 15) is 5.11 Å². The fraction of sp³-hybridized carbons (Fsp3) is 0.650. The molecule has 0 spiro atoms. The summed E-state index contributed by atoms with van der Waals surface area (Å²) < 4.78 is 0. The molecule has 1 aromatic rings. The Morgan fingerprint density at radius 2 is 2.04 bits per heavy atom. The van der Waals surface area contributed by atoms with E-state index in [2.05, 4.69) is 27.9 Å². The van der Waals surface area contributed by atoms with Crippen LogP contribution < -0.4 is 16.5 Å². The number of hydrogen-bond acceptors (Lipinski definition) is 6. The normalized spacial score (nSPS) is 37.8. The van der Waals surface area contributed by atoms with Crippen molar-refractivity contribution in [3.63, 3.8) is 0 Å². The minimum absolute atomic E-state index is 0.290. The van der Waals surface area contributed by atoms with Gasteiger partial charge in [-0.25, -0.2) is 5.48 Å². The lowest BCUT2D eigenvalue weighted by Crippen LogP contribution is -2.59. The van der Waals surface area contributed by atoms with Crippen molar-refractivity contribution in [3.05, 3.63) is 29.1 Å². The SMILES string of the molecule is NC(CNO)c1cnc2c(c1NC1C3CC4CC1CC(O)(C4)C3)C=CC2. The van der Waals surface area contributed by atoms with Crippen molar-refractivity contribution in [2.24, 2.45) is 23.5 Å². The highest BCUT2D eigenvalue weighted by molar-refractivity contribution is 5.75. The Labute approximate surface area is 153 Å². The van der Waals surface area contributed by atoms with Crippen molar-refractivity contribution in [2.75, 3.05) is 11.9 Å². The maximum Gasteiger partial charge on any atom is 0.0657 e. The van der Waals surface area contributed by atoms with Gasteiger partial charge in [-0.05, 0) is 49.9 Å². The third kappa shape index (κ3) is 2.59. The van der Waals surface area contributed by atoms with Crippen LogP contribution in [0.4, 0.5) is 5.69 Å². The largest absolute Gasteiger partial charge is 0.390 e. The van der Waals surface area contributed by atoms with Crippen LogP contribution in [-0.4, -0.2) is 33.5 Å². The summed E-state index contributed by atoms with van der Waals surface area (Å²) in [5.74, 6) is 1.75. The van der Waals surface area contributed by atoms with Crippen LogP contribution in [0.5, 0.6) is 0 Å². The van der Waals surface area contributed by atoms with Gasteiger partial charge in [0.25, 0.3) is 0 Å². The molecule has 5 aliphatic rings. The highest BCUT2D eigenvalue weighted by Gasteiger charge is 2.54. The van der Waals surface area contributed by atoms with Gasteiger partial charge < -0.3 is 21.4 Å². The number of hydroxylamine groups is 1. The highest BCUT2D eigenvalue weighted by atomic mass is 16.5. The maximum absolute atomic E-state index is 10.8. The minimum Gasteiger partial charge on any atom is -0.390 e. The molecule has 4 saturated carbocycles. The summed E-state index contributed by atoms with van der Waals surface area (Å²) in [7, 11) is 0. The molecule has 1 aromatic heterocycles. The van der Waals surface area contributed by atoms with Crippen LogP contribution in [0, 0.1) is 17.8 Å². The van der Waals surface area contributed by atoms with E-state index < -0.39 is 5.60 Å². The number of allylic oxidation sites excluding steroid dienone is 1. The Hall–Kier alpha value is -1.47. The zero-order valence-electron chi connectivity index (χ0n) is 15.0. The van der Waals surface area contributed by atoms with Crippen molar-refractivity contribution in [2.45, 2.75) is 56.2 Å². The summed E-state index contributed by atoms with van der Waals surface area (Å²) in [6.45, 7) is 0.290. The van der Waals surface area contributed by atoms with Gasteiger partial charge in [-0.15, -0.1) is 0 Å². The fourth-order valence-electron chi connectivity index (χ4n) is 6.25. The molecule has 3 unspecified atom stereocenters. The van der Waals surface area contributed by atoms with Gasteiger partial charge in [0.15, 0.2) is 0 Å². The van der Waals surface area contributed by atoms with Gasteiger partial charge in [0.2, 0.25) is 0 Å². The lowest BCUT2D eigenvalue weighted by Gasteiger charge is -2.58. The molecule has 140 valence electrons. The molecule has 3 atom stereocenters. The summed E-state index contributed by atoms with van der Waals surface area (Å²) in [5, 5.41) is 23.8. The number of hydrogen-bond donors (Lipinski definition) is 5. The van der Waals surface area contributed by atoms with Gasteiger partial charge in [-0.3, -0.25) is 4.98 Å². The molecule has 0 amide bonds. The molecule has 0 aromatic carbocycles. The summed E-state index contributed by atoms with van der Waals surface area (Å²) in [6.07, 6.45) is 12.3. The number of nitrogens with one attached hydrogen (secondary N) is 2. The predicted octanol–water partition coefficient (Wildman–Crippen LogP) is 1.98. The van der Waals surface area contributed by atoms with E-state index in [0.717, 1.165) is 48.2 Å². The first kappa shape index (κ1) is 16.7. The van der Waals surface area contributed by atoms with Gasteiger partial charge in [0, 0.05) is 48.1 Å². The summed E-state index contributed by atoms with van der Waals surface area (Å²) in [5.41, 5.74) is 12.3. The second-order valence-electron chi connectivity index (χ2n) is 8.89. The molecule has 4 bridgehead atoms. The van der Waals surface area contributed by atoms with Crippen LogP contribution in [0.15, 0.2) is 12.3 Å². The van der Waals surface area contributed by atoms with Crippen LogP contribution in [0.25, 0.3) is 6.08 Å². The van der Waals surface area contributed by atoms with Crippen molar-refractivity contribution in [1.29, 1.82) is 0 Å². The first-order valence-electron chi connectivity index (χ1n) is 9.86. The second kappa shape index (κ2) is 6.02. The van der Waals surface area contributed by atoms with Crippen molar-refractivity contribution in [1.82, 2.24) is 10.5 Å². The van der Waals surface area contributed by atoms with E-state index in [4.69, 9.17) is 10.9 Å². The molecule has 5 aliphatic carbocycles. The standard InChI is InChI=1S/C20H28N4O2/c21-16(10-23-26)15-9-22-17-3-1-2-14(17)19(15)24-18-12-4-11-5-13(18)8-20(25,6-11)7-12/h1-2,9,11-13,16,18,23,25-26H,3-8,10,21H2,(H,22,24). The average Bonchev–Trinajstić information content (AvgIpc) is 3.05. The number of nitrogens with zero attached hydrogens (tertiary/aromatic N) is 1. The minimum atomic E-state index is -0.422. The van der Waals surface area contributed by atoms with Gasteiger partial charge in [0.1, 0.15) is 0 Å². The smallest absolute Gasteiger partial charge is 0.0657 e. The lowest BCUT2D eigenvalue weighted by atomic mass is 9.52. The van der Waals surface area contributed by atoms with Gasteiger partial charge >= 0.3 is 0 Å². The molecule has 26 heavy (non-hydrogen) atoms. The maximum atomic E-state index is 10.8. The molecule has 0 radical (unpaired) electrons. The highest BCUT2D eigenvalue weighted by Crippen LogP contribution is 2.56. The van der Waals surface area contributed by atoms with Gasteiger partial charge in [0.05, 0.1) is 11.3 Å². The van der Waals surface area contributed by atoms with Crippen LogP contribution in [0.1, 0.15) is 55.0 Å².